The molecule has 0 saturated carbocycles. The van der Waals surface area contributed by atoms with E-state index >= 15 is 0 Å². The van der Waals surface area contributed by atoms with Crippen LogP contribution in [-0.2, 0) is 12.8 Å². The van der Waals surface area contributed by atoms with Gasteiger partial charge < -0.3 is 15.1 Å². The van der Waals surface area contributed by atoms with Crippen molar-refractivity contribution in [2.24, 2.45) is 0 Å². The molecule has 0 saturated heterocycles. The van der Waals surface area contributed by atoms with Crippen molar-refractivity contribution < 1.29 is 4.42 Å². The molecular formula is C10H17N3O. The molecule has 0 amide bonds. The van der Waals surface area contributed by atoms with Gasteiger partial charge in [0.25, 0.3) is 6.01 Å². The Morgan fingerprint density at radius 2 is 2.07 bits per heavy atom. The summed E-state index contributed by atoms with van der Waals surface area (Å²) in [6.45, 7) is 6.53. The molecule has 1 aromatic heterocycles. The summed E-state index contributed by atoms with van der Waals surface area (Å²) in [7, 11) is 0. The van der Waals surface area contributed by atoms with Crippen molar-refractivity contribution in [1.29, 1.82) is 0 Å². The quantitative estimate of drug-likeness (QED) is 0.728. The predicted molar refractivity (Wildman–Crippen MR) is 55.0 cm³/mol. The second kappa shape index (κ2) is 3.61. The Hall–Kier alpha value is -1.03. The fraction of sp³-hybridized carbons (Fsp3) is 0.700. The van der Waals surface area contributed by atoms with Crippen molar-refractivity contribution >= 4 is 6.01 Å². The average molecular weight is 195 g/mol. The minimum absolute atomic E-state index is 0.313. The zero-order chi connectivity index (χ0) is 10.1. The summed E-state index contributed by atoms with van der Waals surface area (Å²) in [5.74, 6) is 0.977. The zero-order valence-corrected chi connectivity index (χ0v) is 8.79. The molecule has 2 N–H and O–H groups in total. The highest BCUT2D eigenvalue weighted by Crippen LogP contribution is 2.18. The van der Waals surface area contributed by atoms with E-state index in [1.165, 1.54) is 0 Å². The van der Waals surface area contributed by atoms with Crippen LogP contribution in [0, 0.1) is 0 Å². The number of nitrogens with zero attached hydrogens (tertiary/aromatic N) is 2. The number of oxazole rings is 1. The van der Waals surface area contributed by atoms with Crippen LogP contribution < -0.4 is 5.73 Å². The topological polar surface area (TPSA) is 55.3 Å². The summed E-state index contributed by atoms with van der Waals surface area (Å²) in [6, 6.07) is 0.907. The van der Waals surface area contributed by atoms with Gasteiger partial charge in [0.15, 0.2) is 0 Å². The Kier molecular flexibility index (Phi) is 2.46. The van der Waals surface area contributed by atoms with Gasteiger partial charge in [0.2, 0.25) is 0 Å². The third kappa shape index (κ3) is 1.75. The average Bonchev–Trinajstić information content (AvgIpc) is 2.34. The number of anilines is 1. The summed E-state index contributed by atoms with van der Waals surface area (Å²) >= 11 is 0. The Balaban J connectivity index is 2.12. The third-order valence-electron chi connectivity index (χ3n) is 2.79. The van der Waals surface area contributed by atoms with Crippen LogP contribution in [0.4, 0.5) is 6.01 Å². The fourth-order valence-electron chi connectivity index (χ4n) is 1.92. The first-order valence-electron chi connectivity index (χ1n) is 5.15. The van der Waals surface area contributed by atoms with Gasteiger partial charge in [-0.05, 0) is 13.8 Å². The molecule has 0 aliphatic carbocycles. The van der Waals surface area contributed by atoms with E-state index in [0.29, 0.717) is 12.1 Å². The maximum atomic E-state index is 5.51. The van der Waals surface area contributed by atoms with E-state index < -0.39 is 0 Å². The number of aromatic nitrogens is 1. The van der Waals surface area contributed by atoms with Crippen LogP contribution >= 0.6 is 0 Å². The Labute approximate surface area is 84.1 Å². The minimum atomic E-state index is 0.313. The number of hydrogen-bond donors (Lipinski definition) is 1. The lowest BCUT2D eigenvalue weighted by Crippen LogP contribution is -2.33. The maximum Gasteiger partial charge on any atom is 0.292 e. The Morgan fingerprint density at radius 3 is 2.79 bits per heavy atom. The highest BCUT2D eigenvalue weighted by atomic mass is 16.4. The van der Waals surface area contributed by atoms with Gasteiger partial charge in [0.1, 0.15) is 5.76 Å². The molecule has 0 bridgehead atoms. The molecule has 2 heterocycles. The second-order valence-electron chi connectivity index (χ2n) is 4.05. The van der Waals surface area contributed by atoms with Crippen molar-refractivity contribution in [1.82, 2.24) is 9.88 Å². The molecule has 0 fully saturated rings. The highest BCUT2D eigenvalue weighted by Gasteiger charge is 2.19. The number of nitrogens with two attached hydrogens (primary N) is 1. The molecule has 0 atom stereocenters. The highest BCUT2D eigenvalue weighted by molar-refractivity contribution is 5.21. The van der Waals surface area contributed by atoms with Crippen LogP contribution in [0.1, 0.15) is 25.3 Å². The number of fused-ring (bicyclic) bond motifs is 1. The van der Waals surface area contributed by atoms with Crippen molar-refractivity contribution in [2.45, 2.75) is 32.7 Å². The van der Waals surface area contributed by atoms with Gasteiger partial charge in [0.05, 0.1) is 5.69 Å². The third-order valence-corrected chi connectivity index (χ3v) is 2.79. The van der Waals surface area contributed by atoms with Crippen molar-refractivity contribution in [2.75, 3.05) is 18.8 Å². The SMILES string of the molecule is CC(C)N1CCc2nc(N)oc2CC1. The molecule has 0 aromatic carbocycles. The first kappa shape index (κ1) is 9.52. The number of rotatable bonds is 1. The molecule has 0 radical (unpaired) electrons. The van der Waals surface area contributed by atoms with Crippen LogP contribution in [0.25, 0.3) is 0 Å². The number of nitrogen functional groups attached to an aromatic ring is 1. The normalized spacial score (nSPS) is 18.2. The van der Waals surface area contributed by atoms with Crippen molar-refractivity contribution in [3.63, 3.8) is 0 Å². The molecule has 14 heavy (non-hydrogen) atoms. The smallest absolute Gasteiger partial charge is 0.292 e. The van der Waals surface area contributed by atoms with Gasteiger partial charge in [-0.2, -0.15) is 4.98 Å². The van der Waals surface area contributed by atoms with E-state index in [4.69, 9.17) is 10.2 Å². The number of hydrogen-bond acceptors (Lipinski definition) is 4. The summed E-state index contributed by atoms with van der Waals surface area (Å²) in [6.07, 6.45) is 1.88. The molecule has 78 valence electrons. The van der Waals surface area contributed by atoms with Crippen LogP contribution in [0.15, 0.2) is 4.42 Å². The summed E-state index contributed by atoms with van der Waals surface area (Å²) in [5.41, 5.74) is 6.56. The van der Waals surface area contributed by atoms with E-state index in [2.05, 4.69) is 23.7 Å². The largest absolute Gasteiger partial charge is 0.429 e. The molecule has 1 aliphatic rings. The van der Waals surface area contributed by atoms with E-state index in [1.807, 2.05) is 0 Å². The zero-order valence-electron chi connectivity index (χ0n) is 8.79. The van der Waals surface area contributed by atoms with E-state index in [1.54, 1.807) is 0 Å². The lowest BCUT2D eigenvalue weighted by Gasteiger charge is -2.23. The lowest BCUT2D eigenvalue weighted by molar-refractivity contribution is 0.229. The molecule has 0 spiro atoms. The molecule has 4 nitrogen and oxygen atoms in total. The Bertz CT molecular complexity index is 294. The predicted octanol–water partition coefficient (Wildman–Crippen LogP) is 1.07. The van der Waals surface area contributed by atoms with Crippen LogP contribution in [0.3, 0.4) is 0 Å². The first-order valence-corrected chi connectivity index (χ1v) is 5.15. The fourth-order valence-corrected chi connectivity index (χ4v) is 1.92. The van der Waals surface area contributed by atoms with Gasteiger partial charge in [-0.3, -0.25) is 0 Å². The maximum absolute atomic E-state index is 5.51. The van der Waals surface area contributed by atoms with E-state index in [0.717, 1.165) is 37.4 Å². The second-order valence-corrected chi connectivity index (χ2v) is 4.05. The minimum Gasteiger partial charge on any atom is -0.429 e. The molecule has 0 unspecified atom stereocenters. The van der Waals surface area contributed by atoms with Gasteiger partial charge in [-0.15, -0.1) is 0 Å². The van der Waals surface area contributed by atoms with Gasteiger partial charge in [0, 0.05) is 32.0 Å². The van der Waals surface area contributed by atoms with Gasteiger partial charge >= 0.3 is 0 Å². The lowest BCUT2D eigenvalue weighted by atomic mass is 10.2. The standard InChI is InChI=1S/C10H17N3O/c1-7(2)13-5-3-8-9(4-6-13)14-10(11)12-8/h7H,3-6H2,1-2H3,(H2,11,12). The van der Waals surface area contributed by atoms with Crippen LogP contribution in [0.5, 0.6) is 0 Å². The first-order chi connectivity index (χ1) is 6.66. The molecular weight excluding hydrogens is 178 g/mol. The summed E-state index contributed by atoms with van der Waals surface area (Å²) in [5, 5.41) is 0. The summed E-state index contributed by atoms with van der Waals surface area (Å²) in [4.78, 5) is 6.63. The van der Waals surface area contributed by atoms with Crippen molar-refractivity contribution in [3.8, 4) is 0 Å². The van der Waals surface area contributed by atoms with E-state index in [9.17, 15) is 0 Å². The van der Waals surface area contributed by atoms with Gasteiger partial charge in [-0.1, -0.05) is 0 Å². The van der Waals surface area contributed by atoms with Crippen molar-refractivity contribution in [3.05, 3.63) is 11.5 Å². The summed E-state index contributed by atoms with van der Waals surface area (Å²) < 4.78 is 5.35. The molecule has 2 rings (SSSR count). The Morgan fingerprint density at radius 1 is 1.36 bits per heavy atom. The van der Waals surface area contributed by atoms with Crippen LogP contribution in [-0.4, -0.2) is 29.0 Å². The molecule has 1 aromatic rings. The molecule has 4 heteroatoms. The van der Waals surface area contributed by atoms with Gasteiger partial charge in [-0.25, -0.2) is 0 Å². The molecule has 1 aliphatic heterocycles. The monoisotopic (exact) mass is 195 g/mol. The van der Waals surface area contributed by atoms with Crippen LogP contribution in [0.2, 0.25) is 0 Å². The van der Waals surface area contributed by atoms with E-state index in [-0.39, 0.29) is 0 Å².